The van der Waals surface area contributed by atoms with E-state index < -0.39 is 22.0 Å². The van der Waals surface area contributed by atoms with Gasteiger partial charge in [-0.1, -0.05) is 30.3 Å². The van der Waals surface area contributed by atoms with Crippen LogP contribution in [0.15, 0.2) is 30.3 Å². The van der Waals surface area contributed by atoms with E-state index in [4.69, 9.17) is 4.74 Å². The standard InChI is InChI=1S/C15H22N2O5S/c1-17(2)14(18)13(9-10-23(3,20)21)16-15(19)22-11-12-7-5-4-6-8-12/h4-8,13H,9-11H2,1-3H3,(H,16,19)/t13-/m0/s1. The zero-order valence-electron chi connectivity index (χ0n) is 13.5. The lowest BCUT2D eigenvalue weighted by Crippen LogP contribution is -2.47. The van der Waals surface area contributed by atoms with Gasteiger partial charge in [0.05, 0.1) is 5.75 Å². The summed E-state index contributed by atoms with van der Waals surface area (Å²) in [6.45, 7) is 0.0711. The van der Waals surface area contributed by atoms with Gasteiger partial charge in [0.1, 0.15) is 22.5 Å². The maximum atomic E-state index is 12.0. The maximum absolute atomic E-state index is 12.0. The van der Waals surface area contributed by atoms with E-state index >= 15 is 0 Å². The largest absolute Gasteiger partial charge is 0.445 e. The Hall–Kier alpha value is -2.09. The van der Waals surface area contributed by atoms with E-state index in [1.54, 1.807) is 12.1 Å². The Bertz CT molecular complexity index is 629. The molecule has 8 heteroatoms. The molecular weight excluding hydrogens is 320 g/mol. The maximum Gasteiger partial charge on any atom is 0.408 e. The summed E-state index contributed by atoms with van der Waals surface area (Å²) in [6.07, 6.45) is 0.316. The number of nitrogens with one attached hydrogen (secondary N) is 1. The van der Waals surface area contributed by atoms with Crippen LogP contribution in [0.2, 0.25) is 0 Å². The van der Waals surface area contributed by atoms with Gasteiger partial charge in [-0.05, 0) is 12.0 Å². The van der Waals surface area contributed by atoms with Crippen LogP contribution in [-0.4, -0.2) is 57.5 Å². The molecule has 0 aliphatic rings. The van der Waals surface area contributed by atoms with Gasteiger partial charge >= 0.3 is 6.09 Å². The number of carbonyl (C=O) groups excluding carboxylic acids is 2. The van der Waals surface area contributed by atoms with Crippen LogP contribution in [0.3, 0.4) is 0 Å². The van der Waals surface area contributed by atoms with E-state index in [1.165, 1.54) is 19.0 Å². The van der Waals surface area contributed by atoms with Gasteiger partial charge in [-0.25, -0.2) is 13.2 Å². The SMILES string of the molecule is CN(C)C(=O)[C@H](CCS(C)(=O)=O)NC(=O)OCc1ccccc1. The first-order valence-corrected chi connectivity index (χ1v) is 9.11. The van der Waals surface area contributed by atoms with E-state index in [0.717, 1.165) is 11.8 Å². The molecule has 1 rings (SSSR count). The molecule has 0 spiro atoms. The number of alkyl carbamates (subject to hydrolysis) is 1. The van der Waals surface area contributed by atoms with Crippen molar-refractivity contribution in [3.8, 4) is 0 Å². The Kier molecular flexibility index (Phi) is 7.02. The molecule has 1 atom stereocenters. The Morgan fingerprint density at radius 3 is 2.35 bits per heavy atom. The van der Waals surface area contributed by atoms with Crippen LogP contribution >= 0.6 is 0 Å². The van der Waals surface area contributed by atoms with E-state index in [9.17, 15) is 18.0 Å². The molecule has 0 radical (unpaired) electrons. The molecule has 1 aromatic rings. The lowest BCUT2D eigenvalue weighted by Gasteiger charge is -2.21. The Labute approximate surface area is 136 Å². The highest BCUT2D eigenvalue weighted by molar-refractivity contribution is 7.90. The van der Waals surface area contributed by atoms with Gasteiger partial charge in [0.2, 0.25) is 5.91 Å². The molecule has 0 saturated carbocycles. The molecule has 0 unspecified atom stereocenters. The summed E-state index contributed by atoms with van der Waals surface area (Å²) >= 11 is 0. The van der Waals surface area contributed by atoms with Gasteiger partial charge in [0.25, 0.3) is 0 Å². The second-order valence-corrected chi connectivity index (χ2v) is 7.67. The fraction of sp³-hybridized carbons (Fsp3) is 0.467. The first-order chi connectivity index (χ1) is 10.7. The van der Waals surface area contributed by atoms with Crippen LogP contribution in [0.25, 0.3) is 0 Å². The van der Waals surface area contributed by atoms with Gasteiger partial charge in [0.15, 0.2) is 0 Å². The van der Waals surface area contributed by atoms with Gasteiger partial charge in [0, 0.05) is 20.4 Å². The van der Waals surface area contributed by atoms with E-state index in [1.807, 2.05) is 18.2 Å². The average molecular weight is 342 g/mol. The van der Waals surface area contributed by atoms with Crippen molar-refractivity contribution in [3.63, 3.8) is 0 Å². The summed E-state index contributed by atoms with van der Waals surface area (Å²) in [5.74, 6) is -0.582. The fourth-order valence-corrected chi connectivity index (χ4v) is 2.47. The van der Waals surface area contributed by atoms with Gasteiger partial charge in [-0.3, -0.25) is 4.79 Å². The van der Waals surface area contributed by atoms with Crippen molar-refractivity contribution in [2.75, 3.05) is 26.1 Å². The number of likely N-dealkylation sites (N-methyl/N-ethyl adjacent to an activating group) is 1. The van der Waals surface area contributed by atoms with Crippen molar-refractivity contribution in [2.24, 2.45) is 0 Å². The predicted octanol–water partition coefficient (Wildman–Crippen LogP) is 0.804. The Morgan fingerprint density at radius 1 is 1.22 bits per heavy atom. The highest BCUT2D eigenvalue weighted by atomic mass is 32.2. The topological polar surface area (TPSA) is 92.8 Å². The van der Waals surface area contributed by atoms with Crippen LogP contribution in [0, 0.1) is 0 Å². The molecule has 0 fully saturated rings. The number of amides is 2. The summed E-state index contributed by atoms with van der Waals surface area (Å²) in [5.41, 5.74) is 0.814. The number of carbonyl (C=O) groups is 2. The van der Waals surface area contributed by atoms with E-state index in [-0.39, 0.29) is 24.7 Å². The molecule has 2 amide bonds. The van der Waals surface area contributed by atoms with Gasteiger partial charge < -0.3 is 15.0 Å². The lowest BCUT2D eigenvalue weighted by atomic mass is 10.2. The molecule has 0 heterocycles. The first kappa shape index (κ1) is 19.0. The Balaban J connectivity index is 2.60. The van der Waals surface area contributed by atoms with Crippen LogP contribution in [0.5, 0.6) is 0 Å². The van der Waals surface area contributed by atoms with Crippen molar-refractivity contribution < 1.29 is 22.7 Å². The molecule has 128 valence electrons. The molecule has 0 saturated heterocycles. The van der Waals surface area contributed by atoms with Crippen molar-refractivity contribution in [1.29, 1.82) is 0 Å². The zero-order chi connectivity index (χ0) is 17.5. The van der Waals surface area contributed by atoms with E-state index in [0.29, 0.717) is 0 Å². The van der Waals surface area contributed by atoms with E-state index in [2.05, 4.69) is 5.32 Å². The summed E-state index contributed by atoms with van der Waals surface area (Å²) in [6, 6.07) is 8.16. The molecule has 0 bridgehead atoms. The number of rotatable bonds is 7. The molecule has 23 heavy (non-hydrogen) atoms. The van der Waals surface area contributed by atoms with Crippen molar-refractivity contribution >= 4 is 21.8 Å². The average Bonchev–Trinajstić information content (AvgIpc) is 2.48. The number of sulfone groups is 1. The molecular formula is C15H22N2O5S. The third-order valence-electron chi connectivity index (χ3n) is 3.02. The highest BCUT2D eigenvalue weighted by Gasteiger charge is 2.24. The first-order valence-electron chi connectivity index (χ1n) is 7.05. The van der Waals surface area contributed by atoms with Crippen molar-refractivity contribution in [2.45, 2.75) is 19.1 Å². The number of hydrogen-bond donors (Lipinski definition) is 1. The Morgan fingerprint density at radius 2 is 1.83 bits per heavy atom. The third-order valence-corrected chi connectivity index (χ3v) is 4.00. The molecule has 0 aliphatic heterocycles. The van der Waals surface area contributed by atoms with Crippen molar-refractivity contribution in [1.82, 2.24) is 10.2 Å². The molecule has 0 aliphatic carbocycles. The summed E-state index contributed by atoms with van der Waals surface area (Å²) in [5, 5.41) is 2.42. The molecule has 1 aromatic carbocycles. The summed E-state index contributed by atoms with van der Waals surface area (Å²) in [7, 11) is -0.163. The molecule has 1 N–H and O–H groups in total. The minimum Gasteiger partial charge on any atom is -0.445 e. The van der Waals surface area contributed by atoms with Crippen molar-refractivity contribution in [3.05, 3.63) is 35.9 Å². The quantitative estimate of drug-likeness (QED) is 0.791. The number of benzene rings is 1. The second-order valence-electron chi connectivity index (χ2n) is 5.41. The smallest absolute Gasteiger partial charge is 0.408 e. The molecule has 0 aromatic heterocycles. The van der Waals surface area contributed by atoms with Crippen LogP contribution in [0.1, 0.15) is 12.0 Å². The minimum absolute atomic E-state index is 0.00369. The molecule has 7 nitrogen and oxygen atoms in total. The summed E-state index contributed by atoms with van der Waals surface area (Å²) in [4.78, 5) is 25.2. The van der Waals surface area contributed by atoms with Gasteiger partial charge in [-0.15, -0.1) is 0 Å². The number of nitrogens with zero attached hydrogens (tertiary/aromatic N) is 1. The monoisotopic (exact) mass is 342 g/mol. The van der Waals surface area contributed by atoms with Crippen LogP contribution < -0.4 is 5.32 Å². The predicted molar refractivity (Wildman–Crippen MR) is 86.6 cm³/mol. The van der Waals surface area contributed by atoms with Crippen LogP contribution in [-0.2, 0) is 26.0 Å². The normalized spacial score (nSPS) is 12.3. The fourth-order valence-electron chi connectivity index (χ4n) is 1.81. The highest BCUT2D eigenvalue weighted by Crippen LogP contribution is 2.03. The summed E-state index contributed by atoms with van der Waals surface area (Å²) < 4.78 is 27.6. The number of hydrogen-bond acceptors (Lipinski definition) is 5. The third kappa shape index (κ3) is 7.64. The number of ether oxygens (including phenoxy) is 1. The minimum atomic E-state index is -3.23. The van der Waals surface area contributed by atoms with Gasteiger partial charge in [-0.2, -0.15) is 0 Å². The lowest BCUT2D eigenvalue weighted by molar-refractivity contribution is -0.130. The second kappa shape index (κ2) is 8.52. The van der Waals surface area contributed by atoms with Crippen LogP contribution in [0.4, 0.5) is 4.79 Å². The zero-order valence-corrected chi connectivity index (χ0v) is 14.3.